The number of aromatic nitrogens is 2. The maximum atomic E-state index is 5.86. The molecule has 4 nitrogen and oxygen atoms in total. The molecular weight excluding hydrogens is 238 g/mol. The van der Waals surface area contributed by atoms with Crippen molar-refractivity contribution in [3.05, 3.63) is 40.5 Å². The summed E-state index contributed by atoms with van der Waals surface area (Å²) in [5.41, 5.74) is 8.26. The Morgan fingerprint density at radius 3 is 2.53 bits per heavy atom. The summed E-state index contributed by atoms with van der Waals surface area (Å²) in [4.78, 5) is 0. The molecule has 90 valence electrons. The minimum absolute atomic E-state index is 0.445. The Hall–Kier alpha value is -1.68. The normalized spacial score (nSPS) is 10.5. The lowest BCUT2D eigenvalue weighted by atomic mass is 10.2. The van der Waals surface area contributed by atoms with E-state index in [2.05, 4.69) is 5.10 Å². The van der Waals surface area contributed by atoms with Gasteiger partial charge in [-0.15, -0.1) is 0 Å². The molecule has 2 rings (SSSR count). The van der Waals surface area contributed by atoms with Gasteiger partial charge in [-0.2, -0.15) is 5.10 Å². The van der Waals surface area contributed by atoms with Crippen molar-refractivity contribution in [3.63, 3.8) is 0 Å². The molecule has 0 aliphatic heterocycles. The van der Waals surface area contributed by atoms with Crippen LogP contribution in [0.25, 0.3) is 0 Å². The Morgan fingerprint density at radius 1 is 1.35 bits per heavy atom. The number of ether oxygens (including phenoxy) is 1. The summed E-state index contributed by atoms with van der Waals surface area (Å²) in [5.74, 6) is 0.595. The van der Waals surface area contributed by atoms with Crippen LogP contribution in [0.4, 0.5) is 5.69 Å². The SMILES string of the molecule is Cc1nn(C)c(OCc2ccc(Cl)cc2)c1N. The monoisotopic (exact) mass is 251 g/mol. The average molecular weight is 252 g/mol. The Morgan fingerprint density at radius 2 is 2.00 bits per heavy atom. The number of nitrogen functional groups attached to an aromatic ring is 1. The van der Waals surface area contributed by atoms with E-state index >= 15 is 0 Å². The lowest BCUT2D eigenvalue weighted by molar-refractivity contribution is 0.280. The number of anilines is 1. The molecule has 0 aliphatic rings. The second-order valence-corrected chi connectivity index (χ2v) is 4.28. The molecule has 0 radical (unpaired) electrons. The smallest absolute Gasteiger partial charge is 0.236 e. The highest BCUT2D eigenvalue weighted by atomic mass is 35.5. The molecule has 0 amide bonds. The van der Waals surface area contributed by atoms with Crippen LogP contribution in [0.3, 0.4) is 0 Å². The van der Waals surface area contributed by atoms with Crippen molar-refractivity contribution in [2.75, 3.05) is 5.73 Å². The Balaban J connectivity index is 2.09. The van der Waals surface area contributed by atoms with Crippen molar-refractivity contribution in [1.29, 1.82) is 0 Å². The van der Waals surface area contributed by atoms with E-state index in [1.165, 1.54) is 0 Å². The highest BCUT2D eigenvalue weighted by molar-refractivity contribution is 6.30. The van der Waals surface area contributed by atoms with E-state index in [-0.39, 0.29) is 0 Å². The summed E-state index contributed by atoms with van der Waals surface area (Å²) in [6.07, 6.45) is 0. The quantitative estimate of drug-likeness (QED) is 0.912. The molecule has 1 aromatic heterocycles. The zero-order valence-corrected chi connectivity index (χ0v) is 10.5. The molecule has 0 aliphatic carbocycles. The molecule has 0 saturated heterocycles. The Bertz CT molecular complexity index is 519. The van der Waals surface area contributed by atoms with Crippen molar-refractivity contribution in [1.82, 2.24) is 9.78 Å². The van der Waals surface area contributed by atoms with Gasteiger partial charge in [-0.25, -0.2) is 4.68 Å². The van der Waals surface area contributed by atoms with Gasteiger partial charge in [0.2, 0.25) is 5.88 Å². The second-order valence-electron chi connectivity index (χ2n) is 3.84. The van der Waals surface area contributed by atoms with Gasteiger partial charge in [0, 0.05) is 12.1 Å². The fourth-order valence-corrected chi connectivity index (χ4v) is 1.68. The lowest BCUT2D eigenvalue weighted by Gasteiger charge is -2.07. The molecular formula is C12H14ClN3O. The summed E-state index contributed by atoms with van der Waals surface area (Å²) in [6.45, 7) is 2.30. The maximum Gasteiger partial charge on any atom is 0.236 e. The molecule has 5 heteroatoms. The minimum atomic E-state index is 0.445. The number of nitrogens with two attached hydrogens (primary N) is 1. The van der Waals surface area contributed by atoms with Crippen LogP contribution in [-0.4, -0.2) is 9.78 Å². The summed E-state index contributed by atoms with van der Waals surface area (Å²) in [6, 6.07) is 7.50. The van der Waals surface area contributed by atoms with Crippen molar-refractivity contribution < 1.29 is 4.74 Å². The number of rotatable bonds is 3. The van der Waals surface area contributed by atoms with Crippen LogP contribution in [0.2, 0.25) is 5.02 Å². The predicted molar refractivity (Wildman–Crippen MR) is 68.1 cm³/mol. The molecule has 0 bridgehead atoms. The molecule has 2 N–H and O–H groups in total. The van der Waals surface area contributed by atoms with Crippen LogP contribution in [0.5, 0.6) is 5.88 Å². The summed E-state index contributed by atoms with van der Waals surface area (Å²) < 4.78 is 7.29. The first-order valence-corrected chi connectivity index (χ1v) is 5.62. The average Bonchev–Trinajstić information content (AvgIpc) is 2.54. The number of hydrogen-bond acceptors (Lipinski definition) is 3. The summed E-state index contributed by atoms with van der Waals surface area (Å²) in [7, 11) is 1.81. The van der Waals surface area contributed by atoms with E-state index in [0.717, 1.165) is 11.3 Å². The minimum Gasteiger partial charge on any atom is -0.471 e. The lowest BCUT2D eigenvalue weighted by Crippen LogP contribution is -2.02. The summed E-state index contributed by atoms with van der Waals surface area (Å²) in [5, 5.41) is 4.90. The highest BCUT2D eigenvalue weighted by Crippen LogP contribution is 2.24. The largest absolute Gasteiger partial charge is 0.471 e. The topological polar surface area (TPSA) is 53.1 Å². The van der Waals surface area contributed by atoms with Gasteiger partial charge in [-0.05, 0) is 24.6 Å². The van der Waals surface area contributed by atoms with Gasteiger partial charge >= 0.3 is 0 Å². The zero-order chi connectivity index (χ0) is 12.4. The molecule has 0 unspecified atom stereocenters. The van der Waals surface area contributed by atoms with Gasteiger partial charge < -0.3 is 10.5 Å². The summed E-state index contributed by atoms with van der Waals surface area (Å²) >= 11 is 5.81. The Kier molecular flexibility index (Phi) is 3.24. The molecule has 0 atom stereocenters. The van der Waals surface area contributed by atoms with Gasteiger partial charge in [0.25, 0.3) is 0 Å². The van der Waals surface area contributed by atoms with E-state index in [0.29, 0.717) is 23.2 Å². The third-order valence-electron chi connectivity index (χ3n) is 2.50. The van der Waals surface area contributed by atoms with Gasteiger partial charge in [0.15, 0.2) is 0 Å². The molecule has 0 spiro atoms. The van der Waals surface area contributed by atoms with Gasteiger partial charge in [0.05, 0.1) is 5.69 Å². The van der Waals surface area contributed by atoms with E-state index in [1.807, 2.05) is 31.2 Å². The van der Waals surface area contributed by atoms with E-state index in [9.17, 15) is 0 Å². The van der Waals surface area contributed by atoms with Crippen LogP contribution in [0, 0.1) is 6.92 Å². The molecule has 1 aromatic carbocycles. The van der Waals surface area contributed by atoms with Crippen LogP contribution in [0.1, 0.15) is 11.3 Å². The van der Waals surface area contributed by atoms with Crippen molar-refractivity contribution in [3.8, 4) is 5.88 Å². The number of benzene rings is 1. The zero-order valence-electron chi connectivity index (χ0n) is 9.77. The van der Waals surface area contributed by atoms with Crippen LogP contribution < -0.4 is 10.5 Å². The van der Waals surface area contributed by atoms with Gasteiger partial charge in [0.1, 0.15) is 12.3 Å². The van der Waals surface area contributed by atoms with Crippen LogP contribution in [0.15, 0.2) is 24.3 Å². The van der Waals surface area contributed by atoms with Crippen molar-refractivity contribution in [2.24, 2.45) is 7.05 Å². The van der Waals surface area contributed by atoms with Crippen LogP contribution >= 0.6 is 11.6 Å². The highest BCUT2D eigenvalue weighted by Gasteiger charge is 2.11. The first kappa shape index (κ1) is 11.8. The van der Waals surface area contributed by atoms with Crippen molar-refractivity contribution >= 4 is 17.3 Å². The van der Waals surface area contributed by atoms with Gasteiger partial charge in [-0.3, -0.25) is 0 Å². The number of nitrogens with zero attached hydrogens (tertiary/aromatic N) is 2. The third-order valence-corrected chi connectivity index (χ3v) is 2.75. The van der Waals surface area contributed by atoms with Gasteiger partial charge in [-0.1, -0.05) is 23.7 Å². The number of hydrogen-bond donors (Lipinski definition) is 1. The number of halogens is 1. The molecule has 1 heterocycles. The standard InChI is InChI=1S/C12H14ClN3O/c1-8-11(14)12(16(2)15-8)17-7-9-3-5-10(13)6-4-9/h3-6H,7,14H2,1-2H3. The second kappa shape index (κ2) is 4.67. The first-order valence-electron chi connectivity index (χ1n) is 5.24. The fraction of sp³-hybridized carbons (Fsp3) is 0.250. The van der Waals surface area contributed by atoms with E-state index in [4.69, 9.17) is 22.1 Å². The first-order chi connectivity index (χ1) is 8.08. The van der Waals surface area contributed by atoms with E-state index < -0.39 is 0 Å². The van der Waals surface area contributed by atoms with Crippen molar-refractivity contribution in [2.45, 2.75) is 13.5 Å². The fourth-order valence-electron chi connectivity index (χ4n) is 1.56. The molecule has 0 fully saturated rings. The van der Waals surface area contributed by atoms with E-state index in [1.54, 1.807) is 11.7 Å². The molecule has 17 heavy (non-hydrogen) atoms. The third kappa shape index (κ3) is 2.53. The van der Waals surface area contributed by atoms with Crippen LogP contribution in [-0.2, 0) is 13.7 Å². The molecule has 0 saturated carbocycles. The number of aryl methyl sites for hydroxylation is 2. The maximum absolute atomic E-state index is 5.86. The Labute approximate surface area is 105 Å². The molecule has 2 aromatic rings. The predicted octanol–water partition coefficient (Wildman–Crippen LogP) is 2.54.